The first-order valence-electron chi connectivity index (χ1n) is 10.7. The second-order valence-electron chi connectivity index (χ2n) is 7.81. The number of morpholine rings is 1. The number of ether oxygens (including phenoxy) is 1. The predicted molar refractivity (Wildman–Crippen MR) is 131 cm³/mol. The van der Waals surface area contributed by atoms with E-state index in [0.717, 1.165) is 70.0 Å². The Hall–Kier alpha value is -1.66. The Balaban J connectivity index is 1.65. The van der Waals surface area contributed by atoms with Gasteiger partial charge >= 0.3 is 0 Å². The molecule has 30 heavy (non-hydrogen) atoms. The number of aryl methyl sites for hydroxylation is 2. The predicted octanol–water partition coefficient (Wildman–Crippen LogP) is 5.13. The Kier molecular flexibility index (Phi) is 8.94. The van der Waals surface area contributed by atoms with Crippen LogP contribution in [0.3, 0.4) is 0 Å². The first-order chi connectivity index (χ1) is 14.5. The summed E-state index contributed by atoms with van der Waals surface area (Å²) in [7, 11) is 0. The van der Waals surface area contributed by atoms with E-state index in [2.05, 4.69) is 46.3 Å². The maximum atomic E-state index is 6.42. The molecule has 0 bridgehead atoms. The van der Waals surface area contributed by atoms with E-state index in [0.29, 0.717) is 10.1 Å². The summed E-state index contributed by atoms with van der Waals surface area (Å²) >= 11 is 12.2. The number of thiocarbonyl (C=S) groups is 1. The fourth-order valence-electron chi connectivity index (χ4n) is 3.58. The average molecular weight is 446 g/mol. The average Bonchev–Trinajstić information content (AvgIpc) is 2.76. The van der Waals surface area contributed by atoms with Crippen molar-refractivity contribution in [1.82, 2.24) is 9.80 Å². The van der Waals surface area contributed by atoms with Crippen LogP contribution in [0, 0.1) is 6.92 Å². The molecule has 2 aromatic rings. The van der Waals surface area contributed by atoms with Crippen molar-refractivity contribution in [3.63, 3.8) is 0 Å². The van der Waals surface area contributed by atoms with Gasteiger partial charge in [0.25, 0.3) is 0 Å². The van der Waals surface area contributed by atoms with Crippen molar-refractivity contribution in [3.05, 3.63) is 64.2 Å². The van der Waals surface area contributed by atoms with Crippen LogP contribution in [0.5, 0.6) is 0 Å². The Morgan fingerprint density at radius 1 is 1.13 bits per heavy atom. The van der Waals surface area contributed by atoms with Crippen molar-refractivity contribution >= 4 is 34.6 Å². The molecule has 0 radical (unpaired) electrons. The molecule has 1 aliphatic heterocycles. The number of halogens is 1. The molecule has 0 aliphatic carbocycles. The van der Waals surface area contributed by atoms with Crippen LogP contribution in [0.4, 0.5) is 5.69 Å². The molecule has 0 atom stereocenters. The highest BCUT2D eigenvalue weighted by Crippen LogP contribution is 2.23. The van der Waals surface area contributed by atoms with Crippen LogP contribution in [0.1, 0.15) is 30.0 Å². The van der Waals surface area contributed by atoms with E-state index in [1.807, 2.05) is 25.1 Å². The molecular weight excluding hydrogens is 414 g/mol. The highest BCUT2D eigenvalue weighted by molar-refractivity contribution is 7.80. The van der Waals surface area contributed by atoms with Gasteiger partial charge in [-0.25, -0.2) is 0 Å². The lowest BCUT2D eigenvalue weighted by Crippen LogP contribution is -2.40. The van der Waals surface area contributed by atoms with E-state index in [4.69, 9.17) is 28.6 Å². The van der Waals surface area contributed by atoms with Crippen LogP contribution >= 0.6 is 23.8 Å². The second kappa shape index (κ2) is 11.7. The molecule has 0 amide bonds. The quantitative estimate of drug-likeness (QED) is 0.568. The van der Waals surface area contributed by atoms with Gasteiger partial charge in [0.2, 0.25) is 0 Å². The Labute approximate surface area is 191 Å². The van der Waals surface area contributed by atoms with Crippen molar-refractivity contribution in [3.8, 4) is 0 Å². The number of hydrogen-bond acceptors (Lipinski definition) is 3. The molecule has 3 rings (SSSR count). The van der Waals surface area contributed by atoms with Crippen LogP contribution < -0.4 is 5.32 Å². The van der Waals surface area contributed by atoms with E-state index < -0.39 is 0 Å². The van der Waals surface area contributed by atoms with E-state index in [1.165, 1.54) is 11.1 Å². The number of anilines is 1. The molecule has 0 saturated carbocycles. The summed E-state index contributed by atoms with van der Waals surface area (Å²) in [5, 5.41) is 4.76. The zero-order chi connectivity index (χ0) is 21.3. The maximum absolute atomic E-state index is 6.42. The van der Waals surface area contributed by atoms with Crippen molar-refractivity contribution in [2.75, 3.05) is 44.7 Å². The van der Waals surface area contributed by atoms with Gasteiger partial charge in [-0.2, -0.15) is 0 Å². The van der Waals surface area contributed by atoms with Gasteiger partial charge in [0, 0.05) is 32.7 Å². The van der Waals surface area contributed by atoms with Crippen molar-refractivity contribution in [2.24, 2.45) is 0 Å². The number of rotatable bonds is 8. The van der Waals surface area contributed by atoms with Gasteiger partial charge in [-0.15, -0.1) is 0 Å². The zero-order valence-electron chi connectivity index (χ0n) is 18.0. The summed E-state index contributed by atoms with van der Waals surface area (Å²) in [6.45, 7) is 10.6. The lowest BCUT2D eigenvalue weighted by Gasteiger charge is -2.30. The van der Waals surface area contributed by atoms with Crippen LogP contribution in [0.2, 0.25) is 5.02 Å². The SMILES string of the molecule is CCc1ccc(CN(CCCN2CCOCC2)C(=S)Nc2ccc(C)cc2Cl)cc1. The molecule has 1 aliphatic rings. The van der Waals surface area contributed by atoms with E-state index >= 15 is 0 Å². The van der Waals surface area contributed by atoms with Gasteiger partial charge in [0.15, 0.2) is 5.11 Å². The Morgan fingerprint density at radius 2 is 1.83 bits per heavy atom. The van der Waals surface area contributed by atoms with Gasteiger partial charge in [-0.1, -0.05) is 48.9 Å². The highest BCUT2D eigenvalue weighted by Gasteiger charge is 2.15. The van der Waals surface area contributed by atoms with Crippen molar-refractivity contribution in [2.45, 2.75) is 33.2 Å². The van der Waals surface area contributed by atoms with Crippen molar-refractivity contribution in [1.29, 1.82) is 0 Å². The number of nitrogens with one attached hydrogen (secondary N) is 1. The standard InChI is InChI=1S/C24H32ClN3OS/c1-3-20-6-8-21(9-7-20)18-28(12-4-11-27-13-15-29-16-14-27)24(30)26-23-10-5-19(2)17-22(23)25/h5-10,17H,3-4,11-16,18H2,1-2H3,(H,26,30). The monoisotopic (exact) mass is 445 g/mol. The number of hydrogen-bond donors (Lipinski definition) is 1. The molecule has 4 nitrogen and oxygen atoms in total. The normalized spacial score (nSPS) is 14.5. The van der Waals surface area contributed by atoms with Crippen LogP contribution in [-0.2, 0) is 17.7 Å². The molecule has 0 aromatic heterocycles. The number of benzene rings is 2. The lowest BCUT2D eigenvalue weighted by atomic mass is 10.1. The van der Waals surface area contributed by atoms with Crippen LogP contribution in [-0.4, -0.2) is 54.3 Å². The highest BCUT2D eigenvalue weighted by atomic mass is 35.5. The Morgan fingerprint density at radius 3 is 2.50 bits per heavy atom. The third-order valence-electron chi connectivity index (χ3n) is 5.46. The fourth-order valence-corrected chi connectivity index (χ4v) is 4.13. The minimum Gasteiger partial charge on any atom is -0.379 e. The molecule has 1 saturated heterocycles. The smallest absolute Gasteiger partial charge is 0.173 e. The van der Waals surface area contributed by atoms with Gasteiger partial charge in [0.1, 0.15) is 0 Å². The van der Waals surface area contributed by atoms with Gasteiger partial charge in [0.05, 0.1) is 23.9 Å². The largest absolute Gasteiger partial charge is 0.379 e. The minimum atomic E-state index is 0.693. The molecule has 0 unspecified atom stereocenters. The fraction of sp³-hybridized carbons (Fsp3) is 0.458. The lowest BCUT2D eigenvalue weighted by molar-refractivity contribution is 0.0368. The van der Waals surface area contributed by atoms with Crippen LogP contribution in [0.25, 0.3) is 0 Å². The molecule has 6 heteroatoms. The summed E-state index contributed by atoms with van der Waals surface area (Å²) in [5.41, 5.74) is 4.60. The van der Waals surface area contributed by atoms with Crippen LogP contribution in [0.15, 0.2) is 42.5 Å². The molecule has 2 aromatic carbocycles. The summed E-state index contributed by atoms with van der Waals surface area (Å²) in [6.07, 6.45) is 2.10. The molecular formula is C24H32ClN3OS. The summed E-state index contributed by atoms with van der Waals surface area (Å²) in [6, 6.07) is 14.8. The van der Waals surface area contributed by atoms with E-state index in [1.54, 1.807) is 0 Å². The first kappa shape index (κ1) is 23.0. The van der Waals surface area contributed by atoms with E-state index in [9.17, 15) is 0 Å². The van der Waals surface area contributed by atoms with Gasteiger partial charge in [-0.05, 0) is 60.8 Å². The topological polar surface area (TPSA) is 27.7 Å². The zero-order valence-corrected chi connectivity index (χ0v) is 19.6. The second-order valence-corrected chi connectivity index (χ2v) is 8.61. The van der Waals surface area contributed by atoms with E-state index in [-0.39, 0.29) is 0 Å². The summed E-state index contributed by atoms with van der Waals surface area (Å²) in [5.74, 6) is 0. The first-order valence-corrected chi connectivity index (χ1v) is 11.5. The third kappa shape index (κ3) is 6.95. The Bertz CT molecular complexity index is 822. The van der Waals surface area contributed by atoms with Gasteiger partial charge < -0.3 is 15.0 Å². The third-order valence-corrected chi connectivity index (χ3v) is 6.14. The molecule has 1 N–H and O–H groups in total. The minimum absolute atomic E-state index is 0.693. The molecule has 162 valence electrons. The number of nitrogens with zero attached hydrogens (tertiary/aromatic N) is 2. The van der Waals surface area contributed by atoms with Crippen molar-refractivity contribution < 1.29 is 4.74 Å². The summed E-state index contributed by atoms with van der Waals surface area (Å²) < 4.78 is 5.45. The summed E-state index contributed by atoms with van der Waals surface area (Å²) in [4.78, 5) is 4.71. The van der Waals surface area contributed by atoms with Gasteiger partial charge in [-0.3, -0.25) is 4.90 Å². The molecule has 1 heterocycles. The molecule has 1 fully saturated rings. The maximum Gasteiger partial charge on any atom is 0.173 e. The molecule has 0 spiro atoms.